The topological polar surface area (TPSA) is 34.0 Å². The number of nitrogens with zero attached hydrogens (tertiary/aromatic N) is 1. The Morgan fingerprint density at radius 3 is 2.17 bits per heavy atom. The summed E-state index contributed by atoms with van der Waals surface area (Å²) < 4.78 is 68.9. The first-order valence-electron chi connectivity index (χ1n) is 8.32. The van der Waals surface area contributed by atoms with Gasteiger partial charge in [0.05, 0.1) is 17.3 Å². The van der Waals surface area contributed by atoms with Crippen LogP contribution in [0.3, 0.4) is 0 Å². The molecule has 0 bridgehead atoms. The monoisotopic (exact) mass is 428 g/mol. The largest absolute Gasteiger partial charge is 0.418 e. The van der Waals surface area contributed by atoms with E-state index in [2.05, 4.69) is 5.32 Å². The molecule has 1 heterocycles. The number of alkyl halides is 4. The van der Waals surface area contributed by atoms with Crippen molar-refractivity contribution in [2.24, 2.45) is 0 Å². The molecular weight excluding hydrogens is 415 g/mol. The van der Waals surface area contributed by atoms with Crippen LogP contribution in [0.15, 0.2) is 48.5 Å². The van der Waals surface area contributed by atoms with Gasteiger partial charge in [-0.25, -0.2) is 8.78 Å². The predicted molar refractivity (Wildman–Crippen MR) is 99.8 cm³/mol. The smallest absolute Gasteiger partial charge is 0.330 e. The molecule has 9 heteroatoms. The quantitative estimate of drug-likeness (QED) is 0.389. The fourth-order valence-corrected chi connectivity index (χ4v) is 3.29. The van der Waals surface area contributed by atoms with Crippen molar-refractivity contribution in [1.82, 2.24) is 4.57 Å². The normalized spacial score (nSPS) is 11.6. The van der Waals surface area contributed by atoms with Crippen molar-refractivity contribution in [3.8, 4) is 11.3 Å². The van der Waals surface area contributed by atoms with E-state index in [1.54, 1.807) is 0 Å². The third-order valence-electron chi connectivity index (χ3n) is 4.33. The number of rotatable bonds is 4. The summed E-state index contributed by atoms with van der Waals surface area (Å²) in [5, 5.41) is 2.32. The zero-order valence-electron chi connectivity index (χ0n) is 14.9. The maximum Gasteiger partial charge on any atom is 0.418 e. The third kappa shape index (κ3) is 4.12. The van der Waals surface area contributed by atoms with E-state index in [1.165, 1.54) is 35.8 Å². The van der Waals surface area contributed by atoms with Crippen molar-refractivity contribution >= 4 is 23.2 Å². The van der Waals surface area contributed by atoms with E-state index < -0.39 is 34.8 Å². The van der Waals surface area contributed by atoms with E-state index in [-0.39, 0.29) is 22.9 Å². The van der Waals surface area contributed by atoms with Crippen LogP contribution in [0.1, 0.15) is 21.6 Å². The Kier molecular flexibility index (Phi) is 5.66. The average Bonchev–Trinajstić information content (AvgIpc) is 2.99. The molecule has 1 aromatic heterocycles. The molecule has 29 heavy (non-hydrogen) atoms. The van der Waals surface area contributed by atoms with Crippen molar-refractivity contribution in [1.29, 1.82) is 0 Å². The molecule has 0 spiro atoms. The van der Waals surface area contributed by atoms with Crippen LogP contribution in [0.5, 0.6) is 0 Å². The maximum absolute atomic E-state index is 13.7. The van der Waals surface area contributed by atoms with Gasteiger partial charge in [-0.05, 0) is 42.8 Å². The molecule has 1 N–H and O–H groups in total. The first-order chi connectivity index (χ1) is 13.6. The number of aromatic nitrogens is 1. The highest BCUT2D eigenvalue weighted by molar-refractivity contribution is 6.15. The molecule has 0 saturated heterocycles. The molecule has 0 saturated carbocycles. The van der Waals surface area contributed by atoms with Crippen molar-refractivity contribution in [2.45, 2.75) is 19.1 Å². The van der Waals surface area contributed by atoms with E-state index in [4.69, 9.17) is 11.6 Å². The van der Waals surface area contributed by atoms with Crippen LogP contribution in [0.25, 0.3) is 11.3 Å². The standard InChI is InChI=1S/C20H14ClF5N2O/c1-11-9-14(20(24,25)26)18(28(11)10-21)12-5-7-13(8-6-12)27-19(29)17-15(22)3-2-4-16(17)23/h2-9H,10H2,1H3,(H,27,29). The molecule has 3 nitrogen and oxygen atoms in total. The predicted octanol–water partition coefficient (Wildman–Crippen LogP) is 6.21. The summed E-state index contributed by atoms with van der Waals surface area (Å²) >= 11 is 5.82. The summed E-state index contributed by atoms with van der Waals surface area (Å²) in [4.78, 5) is 12.1. The van der Waals surface area contributed by atoms with Crippen molar-refractivity contribution in [3.05, 3.63) is 77.0 Å². The van der Waals surface area contributed by atoms with E-state index in [9.17, 15) is 26.7 Å². The second-order valence-corrected chi connectivity index (χ2v) is 6.46. The molecule has 0 aliphatic rings. The van der Waals surface area contributed by atoms with Gasteiger partial charge in [0.2, 0.25) is 0 Å². The minimum absolute atomic E-state index is 0.108. The molecule has 152 valence electrons. The van der Waals surface area contributed by atoms with Crippen LogP contribution in [0, 0.1) is 18.6 Å². The number of amides is 1. The summed E-state index contributed by atoms with van der Waals surface area (Å²) in [5.74, 6) is -3.06. The molecule has 0 aliphatic heterocycles. The van der Waals surface area contributed by atoms with Gasteiger partial charge in [-0.1, -0.05) is 18.2 Å². The molecular formula is C20H14ClF5N2O. The van der Waals surface area contributed by atoms with Gasteiger partial charge in [0, 0.05) is 11.4 Å². The van der Waals surface area contributed by atoms with Crippen LogP contribution in [-0.4, -0.2) is 10.5 Å². The first-order valence-corrected chi connectivity index (χ1v) is 8.86. The van der Waals surface area contributed by atoms with Gasteiger partial charge in [-0.3, -0.25) is 4.79 Å². The fraction of sp³-hybridized carbons (Fsp3) is 0.150. The Morgan fingerprint density at radius 1 is 1.07 bits per heavy atom. The Morgan fingerprint density at radius 2 is 1.66 bits per heavy atom. The molecule has 0 radical (unpaired) electrons. The zero-order valence-corrected chi connectivity index (χ0v) is 15.7. The highest BCUT2D eigenvalue weighted by Gasteiger charge is 2.36. The lowest BCUT2D eigenvalue weighted by Gasteiger charge is -2.13. The van der Waals surface area contributed by atoms with Crippen LogP contribution < -0.4 is 5.32 Å². The number of carbonyl (C=O) groups excluding carboxylic acids is 1. The zero-order chi connectivity index (χ0) is 21.3. The van der Waals surface area contributed by atoms with Gasteiger partial charge in [-0.2, -0.15) is 13.2 Å². The van der Waals surface area contributed by atoms with Gasteiger partial charge in [-0.15, -0.1) is 11.6 Å². The molecule has 0 fully saturated rings. The number of hydrogen-bond donors (Lipinski definition) is 1. The molecule has 3 rings (SSSR count). The second-order valence-electron chi connectivity index (χ2n) is 6.22. The Balaban J connectivity index is 1.93. The number of benzene rings is 2. The SMILES string of the molecule is Cc1cc(C(F)(F)F)c(-c2ccc(NC(=O)c3c(F)cccc3F)cc2)n1CCl. The lowest BCUT2D eigenvalue weighted by atomic mass is 10.1. The number of anilines is 1. The highest BCUT2D eigenvalue weighted by atomic mass is 35.5. The molecule has 3 aromatic rings. The summed E-state index contributed by atoms with van der Waals surface area (Å²) in [6.07, 6.45) is -4.58. The van der Waals surface area contributed by atoms with Crippen LogP contribution in [0.4, 0.5) is 27.6 Å². The van der Waals surface area contributed by atoms with Gasteiger partial charge in [0.25, 0.3) is 5.91 Å². The number of hydrogen-bond acceptors (Lipinski definition) is 1. The third-order valence-corrected chi connectivity index (χ3v) is 4.57. The summed E-state index contributed by atoms with van der Waals surface area (Å²) in [5.41, 5.74) is -0.960. The van der Waals surface area contributed by atoms with Crippen LogP contribution in [-0.2, 0) is 12.2 Å². The van der Waals surface area contributed by atoms with Gasteiger partial charge in [0.15, 0.2) is 0 Å². The molecule has 2 aromatic carbocycles. The first kappa shape index (κ1) is 20.9. The van der Waals surface area contributed by atoms with Crippen molar-refractivity contribution in [2.75, 3.05) is 5.32 Å². The average molecular weight is 429 g/mol. The summed E-state index contributed by atoms with van der Waals surface area (Å²) in [6, 6.07) is 9.25. The minimum atomic E-state index is -4.58. The number of aryl methyl sites for hydroxylation is 1. The van der Waals surface area contributed by atoms with E-state index >= 15 is 0 Å². The van der Waals surface area contributed by atoms with E-state index in [0.29, 0.717) is 5.69 Å². The number of nitrogens with one attached hydrogen (secondary N) is 1. The second kappa shape index (κ2) is 7.87. The Hall–Kier alpha value is -2.87. The molecule has 1 amide bonds. The fourth-order valence-electron chi connectivity index (χ4n) is 2.98. The van der Waals surface area contributed by atoms with Crippen molar-refractivity contribution < 1.29 is 26.7 Å². The van der Waals surface area contributed by atoms with Crippen LogP contribution in [0.2, 0.25) is 0 Å². The highest BCUT2D eigenvalue weighted by Crippen LogP contribution is 2.39. The van der Waals surface area contributed by atoms with Gasteiger partial charge >= 0.3 is 6.18 Å². The van der Waals surface area contributed by atoms with E-state index in [1.807, 2.05) is 0 Å². The lowest BCUT2D eigenvalue weighted by molar-refractivity contribution is -0.137. The van der Waals surface area contributed by atoms with Gasteiger partial charge in [0.1, 0.15) is 17.2 Å². The van der Waals surface area contributed by atoms with Crippen LogP contribution >= 0.6 is 11.6 Å². The molecule has 0 atom stereocenters. The maximum atomic E-state index is 13.7. The number of carbonyl (C=O) groups is 1. The molecule has 0 unspecified atom stereocenters. The Labute approximate surface area is 167 Å². The lowest BCUT2D eigenvalue weighted by Crippen LogP contribution is -2.15. The number of halogens is 6. The molecule has 0 aliphatic carbocycles. The summed E-state index contributed by atoms with van der Waals surface area (Å²) in [6.45, 7) is 1.51. The summed E-state index contributed by atoms with van der Waals surface area (Å²) in [7, 11) is 0. The van der Waals surface area contributed by atoms with E-state index in [0.717, 1.165) is 24.3 Å². The Bertz CT molecular complexity index is 1040. The van der Waals surface area contributed by atoms with Crippen molar-refractivity contribution in [3.63, 3.8) is 0 Å². The van der Waals surface area contributed by atoms with Gasteiger partial charge < -0.3 is 9.88 Å². The minimum Gasteiger partial charge on any atom is -0.330 e.